The average molecular weight is 279 g/mol. The van der Waals surface area contributed by atoms with Crippen LogP contribution in [0.15, 0.2) is 12.1 Å². The van der Waals surface area contributed by atoms with Crippen molar-refractivity contribution >= 4 is 23.6 Å². The maximum atomic E-state index is 11.6. The van der Waals surface area contributed by atoms with E-state index in [2.05, 4.69) is 10.6 Å². The number of carbonyl (C=O) groups excluding carboxylic acids is 2. The zero-order valence-corrected chi connectivity index (χ0v) is 11.3. The number of aryl methyl sites for hydroxylation is 2. The molecule has 0 heterocycles. The average Bonchev–Trinajstić information content (AvgIpc) is 2.31. The highest BCUT2D eigenvalue weighted by molar-refractivity contribution is 6.01. The summed E-state index contributed by atoms with van der Waals surface area (Å²) < 4.78 is 0. The molecule has 0 bridgehead atoms. The van der Waals surface area contributed by atoms with Gasteiger partial charge in [-0.2, -0.15) is 0 Å². The standard InChI is InChI=1S/C13H17N3O4/c1-7-5-8(2)11(9(6-7)12(18)19)16-13(20)15-4-3-10(14)17/h5-6H,3-4H2,1-2H3,(H2,14,17)(H,18,19)(H2,15,16,20). The van der Waals surface area contributed by atoms with E-state index in [1.807, 2.05) is 0 Å². The number of carboxylic acids is 1. The molecular weight excluding hydrogens is 262 g/mol. The van der Waals surface area contributed by atoms with Gasteiger partial charge in [0.25, 0.3) is 0 Å². The second kappa shape index (κ2) is 6.55. The first kappa shape index (κ1) is 15.5. The molecule has 3 amide bonds. The molecular formula is C13H17N3O4. The Kier molecular flexibility index (Phi) is 5.08. The van der Waals surface area contributed by atoms with E-state index in [9.17, 15) is 14.4 Å². The lowest BCUT2D eigenvalue weighted by atomic mass is 10.0. The highest BCUT2D eigenvalue weighted by Crippen LogP contribution is 2.22. The van der Waals surface area contributed by atoms with Gasteiger partial charge in [-0.15, -0.1) is 0 Å². The maximum absolute atomic E-state index is 11.6. The largest absolute Gasteiger partial charge is 0.478 e. The van der Waals surface area contributed by atoms with Crippen molar-refractivity contribution in [3.8, 4) is 0 Å². The van der Waals surface area contributed by atoms with E-state index in [0.717, 1.165) is 5.56 Å². The molecule has 20 heavy (non-hydrogen) atoms. The molecule has 1 aromatic rings. The van der Waals surface area contributed by atoms with Gasteiger partial charge in [0.2, 0.25) is 5.91 Å². The third-order valence-corrected chi connectivity index (χ3v) is 2.61. The molecule has 0 saturated carbocycles. The summed E-state index contributed by atoms with van der Waals surface area (Å²) in [6, 6.07) is 2.67. The summed E-state index contributed by atoms with van der Waals surface area (Å²) in [5.74, 6) is -1.65. The van der Waals surface area contributed by atoms with Crippen molar-refractivity contribution in [3.05, 3.63) is 28.8 Å². The molecule has 0 aliphatic carbocycles. The molecule has 7 heteroatoms. The van der Waals surface area contributed by atoms with Gasteiger partial charge in [-0.1, -0.05) is 6.07 Å². The van der Waals surface area contributed by atoms with Gasteiger partial charge >= 0.3 is 12.0 Å². The number of rotatable bonds is 5. The van der Waals surface area contributed by atoms with Crippen molar-refractivity contribution in [1.29, 1.82) is 0 Å². The third-order valence-electron chi connectivity index (χ3n) is 2.61. The van der Waals surface area contributed by atoms with Crippen molar-refractivity contribution in [3.63, 3.8) is 0 Å². The zero-order valence-electron chi connectivity index (χ0n) is 11.3. The summed E-state index contributed by atoms with van der Waals surface area (Å²) in [5, 5.41) is 14.0. The summed E-state index contributed by atoms with van der Waals surface area (Å²) in [5.41, 5.74) is 6.64. The van der Waals surface area contributed by atoms with Crippen LogP contribution < -0.4 is 16.4 Å². The SMILES string of the molecule is Cc1cc(C)c(NC(=O)NCCC(N)=O)c(C(=O)O)c1. The highest BCUT2D eigenvalue weighted by Gasteiger charge is 2.15. The number of hydrogen-bond acceptors (Lipinski definition) is 3. The van der Waals surface area contributed by atoms with E-state index in [1.165, 1.54) is 6.07 Å². The number of carboxylic acid groups (broad SMARTS) is 1. The van der Waals surface area contributed by atoms with Crippen LogP contribution in [0.5, 0.6) is 0 Å². The van der Waals surface area contributed by atoms with E-state index in [0.29, 0.717) is 5.56 Å². The van der Waals surface area contributed by atoms with Gasteiger partial charge in [-0.3, -0.25) is 4.79 Å². The lowest BCUT2D eigenvalue weighted by Crippen LogP contribution is -2.32. The first-order valence-electron chi connectivity index (χ1n) is 5.99. The molecule has 0 atom stereocenters. The number of anilines is 1. The Hall–Kier alpha value is -2.57. The van der Waals surface area contributed by atoms with Crippen LogP contribution in [0, 0.1) is 13.8 Å². The Morgan fingerprint density at radius 2 is 1.90 bits per heavy atom. The van der Waals surface area contributed by atoms with E-state index in [4.69, 9.17) is 10.8 Å². The van der Waals surface area contributed by atoms with Crippen LogP contribution in [0.1, 0.15) is 27.9 Å². The number of aromatic carboxylic acids is 1. The molecule has 0 saturated heterocycles. The number of nitrogens with one attached hydrogen (secondary N) is 2. The molecule has 0 aliphatic heterocycles. The van der Waals surface area contributed by atoms with Crippen molar-refractivity contribution in [2.45, 2.75) is 20.3 Å². The third kappa shape index (κ3) is 4.27. The molecule has 1 rings (SSSR count). The Morgan fingerprint density at radius 1 is 1.25 bits per heavy atom. The first-order chi connectivity index (χ1) is 9.31. The van der Waals surface area contributed by atoms with Gasteiger partial charge in [-0.05, 0) is 31.0 Å². The molecule has 0 aliphatic rings. The molecule has 1 aromatic carbocycles. The molecule has 0 fully saturated rings. The van der Waals surface area contributed by atoms with Crippen LogP contribution in [0.2, 0.25) is 0 Å². The lowest BCUT2D eigenvalue weighted by molar-refractivity contribution is -0.117. The van der Waals surface area contributed by atoms with E-state index >= 15 is 0 Å². The molecule has 0 unspecified atom stereocenters. The topological polar surface area (TPSA) is 122 Å². The fourth-order valence-electron chi connectivity index (χ4n) is 1.76. The number of urea groups is 1. The number of benzene rings is 1. The van der Waals surface area contributed by atoms with Gasteiger partial charge in [0.1, 0.15) is 0 Å². The normalized spacial score (nSPS) is 9.90. The highest BCUT2D eigenvalue weighted by atomic mass is 16.4. The van der Waals surface area contributed by atoms with Gasteiger partial charge in [0, 0.05) is 13.0 Å². The van der Waals surface area contributed by atoms with E-state index in [-0.39, 0.29) is 24.2 Å². The van der Waals surface area contributed by atoms with Gasteiger partial charge in [-0.25, -0.2) is 9.59 Å². The Bertz CT molecular complexity index is 555. The molecule has 0 radical (unpaired) electrons. The summed E-state index contributed by atoms with van der Waals surface area (Å²) in [7, 11) is 0. The van der Waals surface area contributed by atoms with Crippen molar-refractivity contribution in [2.24, 2.45) is 5.73 Å². The van der Waals surface area contributed by atoms with Crippen LogP contribution in [0.3, 0.4) is 0 Å². The van der Waals surface area contributed by atoms with Crippen molar-refractivity contribution in [2.75, 3.05) is 11.9 Å². The quantitative estimate of drug-likeness (QED) is 0.642. The van der Waals surface area contributed by atoms with Gasteiger partial charge in [0.15, 0.2) is 0 Å². The summed E-state index contributed by atoms with van der Waals surface area (Å²) in [6.07, 6.45) is 0.0199. The van der Waals surface area contributed by atoms with Crippen LogP contribution in [0.25, 0.3) is 0 Å². The van der Waals surface area contributed by atoms with Gasteiger partial charge in [0.05, 0.1) is 11.3 Å². The number of hydrogen-bond donors (Lipinski definition) is 4. The van der Waals surface area contributed by atoms with Crippen molar-refractivity contribution in [1.82, 2.24) is 5.32 Å². The monoisotopic (exact) mass is 279 g/mol. The minimum atomic E-state index is -1.12. The summed E-state index contributed by atoms with van der Waals surface area (Å²) in [4.78, 5) is 33.4. The number of carbonyl (C=O) groups is 3. The van der Waals surface area contributed by atoms with Crippen molar-refractivity contribution < 1.29 is 19.5 Å². The Morgan fingerprint density at radius 3 is 2.45 bits per heavy atom. The molecule has 0 spiro atoms. The second-order valence-corrected chi connectivity index (χ2v) is 4.41. The van der Waals surface area contributed by atoms with Gasteiger partial charge < -0.3 is 21.5 Å². The minimum Gasteiger partial charge on any atom is -0.478 e. The number of amides is 3. The molecule has 0 aromatic heterocycles. The first-order valence-corrected chi connectivity index (χ1v) is 5.99. The Balaban J connectivity index is 2.83. The second-order valence-electron chi connectivity index (χ2n) is 4.41. The predicted octanol–water partition coefficient (Wildman–Crippen LogP) is 0.999. The summed E-state index contributed by atoms with van der Waals surface area (Å²) in [6.45, 7) is 3.57. The molecule has 7 nitrogen and oxygen atoms in total. The van der Waals surface area contributed by atoms with Crippen LogP contribution in [-0.2, 0) is 4.79 Å². The molecule has 5 N–H and O–H groups in total. The van der Waals surface area contributed by atoms with Crippen LogP contribution >= 0.6 is 0 Å². The predicted molar refractivity (Wildman–Crippen MR) is 73.7 cm³/mol. The Labute approximate surface area is 116 Å². The number of primary amides is 1. The maximum Gasteiger partial charge on any atom is 0.337 e. The molecule has 108 valence electrons. The van der Waals surface area contributed by atoms with Crippen LogP contribution in [-0.4, -0.2) is 29.6 Å². The minimum absolute atomic E-state index is 0.0199. The summed E-state index contributed by atoms with van der Waals surface area (Å²) >= 11 is 0. The zero-order chi connectivity index (χ0) is 15.3. The smallest absolute Gasteiger partial charge is 0.337 e. The number of nitrogens with two attached hydrogens (primary N) is 1. The fourth-order valence-corrected chi connectivity index (χ4v) is 1.76. The van der Waals surface area contributed by atoms with Crippen LogP contribution in [0.4, 0.5) is 10.5 Å². The van der Waals surface area contributed by atoms with E-state index < -0.39 is 17.9 Å². The lowest BCUT2D eigenvalue weighted by Gasteiger charge is -2.13. The fraction of sp³-hybridized carbons (Fsp3) is 0.308. The van der Waals surface area contributed by atoms with E-state index in [1.54, 1.807) is 19.9 Å².